The molecule has 3 rings (SSSR count). The van der Waals surface area contributed by atoms with Crippen LogP contribution in [0, 0.1) is 0 Å². The van der Waals surface area contributed by atoms with Crippen molar-refractivity contribution in [2.75, 3.05) is 0 Å². The van der Waals surface area contributed by atoms with E-state index in [4.69, 9.17) is 4.42 Å². The minimum atomic E-state index is -0.193. The highest BCUT2D eigenvalue weighted by Crippen LogP contribution is 2.21. The van der Waals surface area contributed by atoms with Gasteiger partial charge in [-0.3, -0.25) is 9.48 Å². The van der Waals surface area contributed by atoms with E-state index in [0.717, 1.165) is 11.3 Å². The Bertz CT molecular complexity index is 776. The number of aryl methyl sites for hydroxylation is 1. The minimum absolute atomic E-state index is 0.0810. The van der Waals surface area contributed by atoms with Gasteiger partial charge in [-0.2, -0.15) is 5.10 Å². The van der Waals surface area contributed by atoms with Crippen LogP contribution in [0.25, 0.3) is 11.5 Å². The Balaban J connectivity index is 1.80. The van der Waals surface area contributed by atoms with Crippen molar-refractivity contribution in [3.63, 3.8) is 0 Å². The van der Waals surface area contributed by atoms with E-state index in [1.807, 2.05) is 56.3 Å². The van der Waals surface area contributed by atoms with Crippen LogP contribution in [-0.2, 0) is 6.54 Å². The Morgan fingerprint density at radius 2 is 2.04 bits per heavy atom. The molecule has 1 amide bonds. The van der Waals surface area contributed by atoms with Crippen molar-refractivity contribution >= 4 is 5.91 Å². The van der Waals surface area contributed by atoms with Gasteiger partial charge in [0.1, 0.15) is 5.69 Å². The van der Waals surface area contributed by atoms with Crippen molar-refractivity contribution < 1.29 is 9.21 Å². The number of carbonyl (C=O) groups is 1. The topological polar surface area (TPSA) is 60.1 Å². The molecular weight excluding hydrogens is 290 g/mol. The number of amides is 1. The Kier molecular flexibility index (Phi) is 4.28. The second-order valence-corrected chi connectivity index (χ2v) is 5.31. The van der Waals surface area contributed by atoms with Gasteiger partial charge in [0.05, 0.1) is 12.3 Å². The number of hydrogen-bond donors (Lipinski definition) is 1. The summed E-state index contributed by atoms with van der Waals surface area (Å²) in [5, 5.41) is 7.35. The van der Waals surface area contributed by atoms with Crippen LogP contribution in [-0.4, -0.2) is 15.7 Å². The second-order valence-electron chi connectivity index (χ2n) is 5.31. The Morgan fingerprint density at radius 3 is 2.70 bits per heavy atom. The minimum Gasteiger partial charge on any atom is -0.463 e. The largest absolute Gasteiger partial charge is 0.463 e. The van der Waals surface area contributed by atoms with Gasteiger partial charge in [0, 0.05) is 12.6 Å². The monoisotopic (exact) mass is 309 g/mol. The van der Waals surface area contributed by atoms with E-state index in [2.05, 4.69) is 10.4 Å². The van der Waals surface area contributed by atoms with Crippen LogP contribution in [0.2, 0.25) is 0 Å². The lowest BCUT2D eigenvalue weighted by atomic mass is 10.1. The third kappa shape index (κ3) is 3.18. The first-order valence-electron chi connectivity index (χ1n) is 7.66. The number of aromatic nitrogens is 2. The number of hydrogen-bond acceptors (Lipinski definition) is 3. The van der Waals surface area contributed by atoms with Gasteiger partial charge in [-0.05, 0) is 31.5 Å². The summed E-state index contributed by atoms with van der Waals surface area (Å²) in [4.78, 5) is 12.5. The van der Waals surface area contributed by atoms with Crippen molar-refractivity contribution in [2.45, 2.75) is 26.4 Å². The molecule has 0 spiro atoms. The molecule has 1 aromatic carbocycles. The Hall–Kier alpha value is -2.82. The van der Waals surface area contributed by atoms with Crippen LogP contribution in [0.1, 0.15) is 35.9 Å². The molecule has 0 saturated carbocycles. The zero-order chi connectivity index (χ0) is 16.2. The molecule has 0 bridgehead atoms. The third-order valence-electron chi connectivity index (χ3n) is 3.73. The molecule has 0 fully saturated rings. The summed E-state index contributed by atoms with van der Waals surface area (Å²) >= 11 is 0. The highest BCUT2D eigenvalue weighted by Gasteiger charge is 2.18. The molecule has 3 aromatic rings. The van der Waals surface area contributed by atoms with Gasteiger partial charge in [-0.1, -0.05) is 30.3 Å². The molecule has 1 N–H and O–H groups in total. The van der Waals surface area contributed by atoms with Gasteiger partial charge in [0.15, 0.2) is 11.5 Å². The molecule has 0 aliphatic rings. The SMILES string of the molecule is CCn1nc(C(=O)N[C@H](C)c2ccccc2)cc1-c1ccco1. The molecule has 23 heavy (non-hydrogen) atoms. The molecule has 2 aromatic heterocycles. The zero-order valence-corrected chi connectivity index (χ0v) is 13.2. The van der Waals surface area contributed by atoms with Crippen molar-refractivity contribution in [3.8, 4) is 11.5 Å². The lowest BCUT2D eigenvalue weighted by Crippen LogP contribution is -2.27. The second kappa shape index (κ2) is 6.52. The maximum atomic E-state index is 12.5. The van der Waals surface area contributed by atoms with E-state index in [1.165, 1.54) is 0 Å². The predicted octanol–water partition coefficient (Wildman–Crippen LogP) is 3.65. The van der Waals surface area contributed by atoms with Gasteiger partial charge in [0.2, 0.25) is 0 Å². The van der Waals surface area contributed by atoms with Crippen LogP contribution in [0.5, 0.6) is 0 Å². The lowest BCUT2D eigenvalue weighted by Gasteiger charge is -2.13. The fourth-order valence-corrected chi connectivity index (χ4v) is 2.49. The zero-order valence-electron chi connectivity index (χ0n) is 13.2. The van der Waals surface area contributed by atoms with Crippen molar-refractivity contribution in [3.05, 3.63) is 66.1 Å². The van der Waals surface area contributed by atoms with E-state index in [9.17, 15) is 4.79 Å². The van der Waals surface area contributed by atoms with E-state index in [1.54, 1.807) is 17.0 Å². The molecule has 118 valence electrons. The summed E-state index contributed by atoms with van der Waals surface area (Å²) in [5.74, 6) is 0.510. The molecular formula is C18H19N3O2. The maximum Gasteiger partial charge on any atom is 0.272 e. The van der Waals surface area contributed by atoms with Crippen LogP contribution in [0.15, 0.2) is 59.2 Å². The number of benzene rings is 1. The van der Waals surface area contributed by atoms with E-state index < -0.39 is 0 Å². The summed E-state index contributed by atoms with van der Waals surface area (Å²) in [5.41, 5.74) is 2.25. The molecule has 0 unspecified atom stereocenters. The maximum absolute atomic E-state index is 12.5. The molecule has 5 heteroatoms. The Morgan fingerprint density at radius 1 is 1.26 bits per heavy atom. The van der Waals surface area contributed by atoms with Gasteiger partial charge in [-0.25, -0.2) is 0 Å². The molecule has 0 radical (unpaired) electrons. The van der Waals surface area contributed by atoms with Gasteiger partial charge < -0.3 is 9.73 Å². The average molecular weight is 309 g/mol. The number of nitrogens with one attached hydrogen (secondary N) is 1. The van der Waals surface area contributed by atoms with Crippen molar-refractivity contribution in [2.24, 2.45) is 0 Å². The first kappa shape index (κ1) is 15.1. The summed E-state index contributed by atoms with van der Waals surface area (Å²) in [6.45, 7) is 4.60. The number of carbonyl (C=O) groups excluding carboxylic acids is 1. The summed E-state index contributed by atoms with van der Waals surface area (Å²) in [6, 6.07) is 15.2. The van der Waals surface area contributed by atoms with Crippen LogP contribution < -0.4 is 5.32 Å². The first-order valence-corrected chi connectivity index (χ1v) is 7.66. The fraction of sp³-hybridized carbons (Fsp3) is 0.222. The van der Waals surface area contributed by atoms with E-state index >= 15 is 0 Å². The molecule has 0 saturated heterocycles. The van der Waals surface area contributed by atoms with Crippen LogP contribution in [0.4, 0.5) is 0 Å². The van der Waals surface area contributed by atoms with E-state index in [-0.39, 0.29) is 11.9 Å². The molecule has 0 aliphatic carbocycles. The summed E-state index contributed by atoms with van der Waals surface area (Å²) < 4.78 is 7.18. The standard InChI is InChI=1S/C18H19N3O2/c1-3-21-16(17-10-7-11-23-17)12-15(20-21)18(22)19-13(2)14-8-5-4-6-9-14/h4-13H,3H2,1-2H3,(H,19,22)/t13-/m1/s1. The molecule has 5 nitrogen and oxygen atoms in total. The quantitative estimate of drug-likeness (QED) is 0.782. The predicted molar refractivity (Wildman–Crippen MR) is 87.9 cm³/mol. The normalized spacial score (nSPS) is 12.1. The molecule has 0 aliphatic heterocycles. The Labute approximate surface area is 134 Å². The lowest BCUT2D eigenvalue weighted by molar-refractivity contribution is 0.0934. The summed E-state index contributed by atoms with van der Waals surface area (Å²) in [6.07, 6.45) is 1.61. The average Bonchev–Trinajstić information content (AvgIpc) is 3.24. The van der Waals surface area contributed by atoms with Crippen molar-refractivity contribution in [1.82, 2.24) is 15.1 Å². The van der Waals surface area contributed by atoms with Crippen LogP contribution >= 0.6 is 0 Å². The van der Waals surface area contributed by atoms with Gasteiger partial charge in [-0.15, -0.1) is 0 Å². The first-order chi connectivity index (χ1) is 11.2. The highest BCUT2D eigenvalue weighted by atomic mass is 16.3. The molecule has 1 atom stereocenters. The smallest absolute Gasteiger partial charge is 0.272 e. The molecule has 2 heterocycles. The third-order valence-corrected chi connectivity index (χ3v) is 3.73. The highest BCUT2D eigenvalue weighted by molar-refractivity contribution is 5.93. The number of furan rings is 1. The van der Waals surface area contributed by atoms with Gasteiger partial charge in [0.25, 0.3) is 5.91 Å². The van der Waals surface area contributed by atoms with E-state index in [0.29, 0.717) is 18.0 Å². The number of rotatable bonds is 5. The fourth-order valence-electron chi connectivity index (χ4n) is 2.49. The van der Waals surface area contributed by atoms with Gasteiger partial charge >= 0.3 is 0 Å². The van der Waals surface area contributed by atoms with Crippen LogP contribution in [0.3, 0.4) is 0 Å². The number of nitrogens with zero attached hydrogens (tertiary/aromatic N) is 2. The summed E-state index contributed by atoms with van der Waals surface area (Å²) in [7, 11) is 0. The van der Waals surface area contributed by atoms with Crippen molar-refractivity contribution in [1.29, 1.82) is 0 Å².